The van der Waals surface area contributed by atoms with Crippen LogP contribution in [-0.4, -0.2) is 35.5 Å². The van der Waals surface area contributed by atoms with Crippen LogP contribution in [0.25, 0.3) is 0 Å². The average Bonchev–Trinajstić information content (AvgIpc) is 2.05. The highest BCUT2D eigenvalue weighted by Crippen LogP contribution is 2.11. The van der Waals surface area contributed by atoms with Gasteiger partial charge in [-0.1, -0.05) is 6.42 Å². The van der Waals surface area contributed by atoms with Crippen LogP contribution in [0.3, 0.4) is 0 Å². The van der Waals surface area contributed by atoms with Gasteiger partial charge in [-0.3, -0.25) is 0 Å². The molecule has 0 saturated carbocycles. The summed E-state index contributed by atoms with van der Waals surface area (Å²) in [6.45, 7) is 0.382. The van der Waals surface area contributed by atoms with Crippen LogP contribution in [0.15, 0.2) is 0 Å². The number of rotatable bonds is 2. The molecule has 3 nitrogen and oxygen atoms in total. The second-order valence-corrected chi connectivity index (χ2v) is 2.86. The Labute approximate surface area is 61.1 Å². The normalized spacial score (nSPS) is 34.2. The average molecular weight is 145 g/mol. The first kappa shape index (κ1) is 7.98. The Morgan fingerprint density at radius 2 is 1.60 bits per heavy atom. The third-order valence-electron chi connectivity index (χ3n) is 2.02. The van der Waals surface area contributed by atoms with Gasteiger partial charge in [-0.15, -0.1) is 0 Å². The van der Waals surface area contributed by atoms with Crippen molar-refractivity contribution in [2.24, 2.45) is 0 Å². The summed E-state index contributed by atoms with van der Waals surface area (Å²) in [6.07, 6.45) is 3.18. The predicted molar refractivity (Wildman–Crippen MR) is 38.7 cm³/mol. The summed E-state index contributed by atoms with van der Waals surface area (Å²) in [5, 5.41) is 20.7. The van der Waals surface area contributed by atoms with Crippen LogP contribution in [-0.2, 0) is 0 Å². The van der Waals surface area contributed by atoms with Crippen molar-refractivity contribution in [3.8, 4) is 0 Å². The molecule has 0 aromatic rings. The third-order valence-corrected chi connectivity index (χ3v) is 2.02. The second-order valence-electron chi connectivity index (χ2n) is 2.86. The Bertz CT molecular complexity index is 87.6. The minimum Gasteiger partial charge on any atom is -0.395 e. The number of hydrogen-bond donors (Lipinski definition) is 3. The van der Waals surface area contributed by atoms with Crippen LogP contribution in [0.2, 0.25) is 0 Å². The predicted octanol–water partition coefficient (Wildman–Crippen LogP) is -0.518. The van der Waals surface area contributed by atoms with E-state index in [1.807, 2.05) is 0 Å². The summed E-state index contributed by atoms with van der Waals surface area (Å²) in [5.41, 5.74) is 0. The van der Waals surface area contributed by atoms with Gasteiger partial charge in [0.15, 0.2) is 0 Å². The van der Waals surface area contributed by atoms with Gasteiger partial charge in [-0.25, -0.2) is 0 Å². The molecule has 0 amide bonds. The van der Waals surface area contributed by atoms with Crippen LogP contribution in [0.1, 0.15) is 19.3 Å². The van der Waals surface area contributed by atoms with Crippen molar-refractivity contribution in [2.45, 2.75) is 31.3 Å². The lowest BCUT2D eigenvalue weighted by atomic mass is 10.00. The standard InChI is InChI=1S/C7H15NO2/c9-4-6-2-1-3-7(5-10)8-6/h6-10H,1-5H2/t6-,7-/m1/s1. The molecule has 1 saturated heterocycles. The molecule has 1 rings (SSSR count). The fraction of sp³-hybridized carbons (Fsp3) is 1.00. The lowest BCUT2D eigenvalue weighted by Crippen LogP contribution is -2.45. The molecule has 0 bridgehead atoms. The van der Waals surface area contributed by atoms with Crippen molar-refractivity contribution in [1.29, 1.82) is 0 Å². The first-order valence-corrected chi connectivity index (χ1v) is 3.84. The largest absolute Gasteiger partial charge is 0.395 e. The zero-order valence-electron chi connectivity index (χ0n) is 6.08. The van der Waals surface area contributed by atoms with E-state index in [0.29, 0.717) is 0 Å². The highest BCUT2D eigenvalue weighted by Gasteiger charge is 2.18. The van der Waals surface area contributed by atoms with Crippen molar-refractivity contribution in [3.05, 3.63) is 0 Å². The van der Waals surface area contributed by atoms with E-state index in [4.69, 9.17) is 10.2 Å². The maximum Gasteiger partial charge on any atom is 0.0584 e. The number of aliphatic hydroxyl groups excluding tert-OH is 2. The molecule has 2 atom stereocenters. The van der Waals surface area contributed by atoms with E-state index in [0.717, 1.165) is 19.3 Å². The van der Waals surface area contributed by atoms with Crippen molar-refractivity contribution >= 4 is 0 Å². The third kappa shape index (κ3) is 1.94. The molecular weight excluding hydrogens is 130 g/mol. The molecule has 1 heterocycles. The van der Waals surface area contributed by atoms with Gasteiger partial charge in [0.25, 0.3) is 0 Å². The van der Waals surface area contributed by atoms with Gasteiger partial charge in [0.2, 0.25) is 0 Å². The second kappa shape index (κ2) is 3.91. The molecule has 0 aromatic heterocycles. The number of aliphatic hydroxyl groups is 2. The highest BCUT2D eigenvalue weighted by molar-refractivity contribution is 4.78. The smallest absolute Gasteiger partial charge is 0.0584 e. The Kier molecular flexibility index (Phi) is 3.12. The molecule has 0 aliphatic carbocycles. The summed E-state index contributed by atoms with van der Waals surface area (Å²) in [7, 11) is 0. The highest BCUT2D eigenvalue weighted by atomic mass is 16.3. The molecule has 0 aromatic carbocycles. The molecule has 3 N–H and O–H groups in total. The summed E-state index contributed by atoms with van der Waals surface area (Å²) < 4.78 is 0. The zero-order valence-corrected chi connectivity index (χ0v) is 6.08. The minimum absolute atomic E-state index is 0.191. The monoisotopic (exact) mass is 145 g/mol. The quantitative estimate of drug-likeness (QED) is 0.490. The molecule has 1 aliphatic heterocycles. The van der Waals surface area contributed by atoms with Crippen molar-refractivity contribution < 1.29 is 10.2 Å². The maximum atomic E-state index is 8.76. The van der Waals surface area contributed by atoms with Crippen LogP contribution >= 0.6 is 0 Å². The molecule has 3 heteroatoms. The maximum absolute atomic E-state index is 8.76. The molecule has 0 radical (unpaired) electrons. The van der Waals surface area contributed by atoms with Gasteiger partial charge in [0, 0.05) is 12.1 Å². The molecule has 0 spiro atoms. The van der Waals surface area contributed by atoms with E-state index in [1.54, 1.807) is 0 Å². The fourth-order valence-corrected chi connectivity index (χ4v) is 1.40. The molecule has 1 aliphatic rings. The summed E-state index contributed by atoms with van der Waals surface area (Å²) in [6, 6.07) is 0.428. The topological polar surface area (TPSA) is 52.5 Å². The van der Waals surface area contributed by atoms with Gasteiger partial charge in [-0.2, -0.15) is 0 Å². The van der Waals surface area contributed by atoms with Crippen molar-refractivity contribution in [1.82, 2.24) is 5.32 Å². The minimum atomic E-state index is 0.191. The van der Waals surface area contributed by atoms with Crippen LogP contribution in [0.5, 0.6) is 0 Å². The summed E-state index contributed by atoms with van der Waals surface area (Å²) in [5.74, 6) is 0. The molecular formula is C7H15NO2. The fourth-order valence-electron chi connectivity index (χ4n) is 1.40. The van der Waals surface area contributed by atoms with E-state index in [1.165, 1.54) is 0 Å². The van der Waals surface area contributed by atoms with Crippen LogP contribution in [0.4, 0.5) is 0 Å². The van der Waals surface area contributed by atoms with E-state index in [2.05, 4.69) is 5.32 Å². The van der Waals surface area contributed by atoms with E-state index < -0.39 is 0 Å². The molecule has 0 unspecified atom stereocenters. The summed E-state index contributed by atoms with van der Waals surface area (Å²) in [4.78, 5) is 0. The number of piperidine rings is 1. The number of nitrogens with one attached hydrogen (secondary N) is 1. The first-order chi connectivity index (χ1) is 4.86. The Balaban J connectivity index is 2.25. The molecule has 60 valence electrons. The number of hydrogen-bond acceptors (Lipinski definition) is 3. The van der Waals surface area contributed by atoms with E-state index in [9.17, 15) is 0 Å². The van der Waals surface area contributed by atoms with Gasteiger partial charge in [0.05, 0.1) is 13.2 Å². The lowest BCUT2D eigenvalue weighted by molar-refractivity contribution is 0.158. The van der Waals surface area contributed by atoms with Gasteiger partial charge in [0.1, 0.15) is 0 Å². The SMILES string of the molecule is OC[C@H]1CCC[C@H](CO)N1. The van der Waals surface area contributed by atoms with Crippen molar-refractivity contribution in [2.75, 3.05) is 13.2 Å². The molecule has 10 heavy (non-hydrogen) atoms. The lowest BCUT2D eigenvalue weighted by Gasteiger charge is -2.28. The van der Waals surface area contributed by atoms with E-state index >= 15 is 0 Å². The Morgan fingerprint density at radius 1 is 1.10 bits per heavy atom. The van der Waals surface area contributed by atoms with Crippen LogP contribution in [0, 0.1) is 0 Å². The van der Waals surface area contributed by atoms with Crippen molar-refractivity contribution in [3.63, 3.8) is 0 Å². The van der Waals surface area contributed by atoms with E-state index in [-0.39, 0.29) is 25.3 Å². The van der Waals surface area contributed by atoms with Gasteiger partial charge in [-0.05, 0) is 12.8 Å². The van der Waals surface area contributed by atoms with Crippen LogP contribution < -0.4 is 5.32 Å². The zero-order chi connectivity index (χ0) is 7.40. The summed E-state index contributed by atoms with van der Waals surface area (Å²) >= 11 is 0. The van der Waals surface area contributed by atoms with Gasteiger partial charge >= 0.3 is 0 Å². The van der Waals surface area contributed by atoms with Gasteiger partial charge < -0.3 is 15.5 Å². The molecule has 1 fully saturated rings. The Morgan fingerprint density at radius 3 is 2.00 bits per heavy atom. The Hall–Kier alpha value is -0.120. The first-order valence-electron chi connectivity index (χ1n) is 3.84.